The highest BCUT2D eigenvalue weighted by atomic mass is 32.2. The molecule has 0 saturated carbocycles. The first-order valence-electron chi connectivity index (χ1n) is 9.96. The van der Waals surface area contributed by atoms with Crippen LogP contribution in [0.4, 0.5) is 5.82 Å². The van der Waals surface area contributed by atoms with Crippen molar-refractivity contribution in [1.29, 1.82) is 5.26 Å². The second-order valence-corrected chi connectivity index (χ2v) is 8.56. The zero-order valence-electron chi connectivity index (χ0n) is 17.9. The lowest BCUT2D eigenvalue weighted by molar-refractivity contribution is -0.123. The first-order chi connectivity index (χ1) is 13.8. The molecule has 0 aliphatic carbocycles. The minimum atomic E-state index is -0.293. The summed E-state index contributed by atoms with van der Waals surface area (Å²) >= 11 is 6.72. The number of carbonyl (C=O) groups is 1. The van der Waals surface area contributed by atoms with Gasteiger partial charge >= 0.3 is 0 Å². The molecule has 1 aliphatic rings. The highest BCUT2D eigenvalue weighted by molar-refractivity contribution is 8.26. The smallest absolute Gasteiger partial charge is 0.270 e. The fraction of sp³-hybridized carbons (Fsp3) is 0.524. The molecule has 0 bridgehead atoms. The van der Waals surface area contributed by atoms with Crippen molar-refractivity contribution in [2.75, 3.05) is 18.0 Å². The Hall–Kier alpha value is -2.11. The van der Waals surface area contributed by atoms with Crippen LogP contribution in [0.25, 0.3) is 6.08 Å². The molecule has 29 heavy (non-hydrogen) atoms. The second-order valence-electron chi connectivity index (χ2n) is 6.88. The zero-order chi connectivity index (χ0) is 21.9. The van der Waals surface area contributed by atoms with E-state index in [0.29, 0.717) is 34.4 Å². The van der Waals surface area contributed by atoms with Gasteiger partial charge in [0, 0.05) is 31.2 Å². The highest BCUT2D eigenvalue weighted by Crippen LogP contribution is 2.37. The molecular weight excluding hydrogens is 404 g/mol. The number of thioether (sulfide) groups is 1. The van der Waals surface area contributed by atoms with Crippen LogP contribution in [0.15, 0.2) is 9.70 Å². The number of aromatic nitrogens is 1. The molecule has 0 aromatic carbocycles. The van der Waals surface area contributed by atoms with Crippen LogP contribution in [0.2, 0.25) is 0 Å². The number of nitrogens with zero attached hydrogens (tertiary/aromatic N) is 4. The molecule has 1 aromatic rings. The molecule has 1 atom stereocenters. The lowest BCUT2D eigenvalue weighted by Crippen LogP contribution is -2.36. The summed E-state index contributed by atoms with van der Waals surface area (Å²) in [5.74, 6) is 0.625. The summed E-state index contributed by atoms with van der Waals surface area (Å²) in [6.07, 6.45) is 2.61. The molecule has 2 rings (SSSR count). The molecule has 1 unspecified atom stereocenters. The number of nitriles is 1. The maximum absolute atomic E-state index is 13.0. The van der Waals surface area contributed by atoms with E-state index < -0.39 is 0 Å². The Kier molecular flexibility index (Phi) is 7.66. The average Bonchev–Trinajstić information content (AvgIpc) is 2.98. The van der Waals surface area contributed by atoms with E-state index in [2.05, 4.69) is 11.0 Å². The third kappa shape index (κ3) is 4.12. The van der Waals surface area contributed by atoms with Gasteiger partial charge in [-0.2, -0.15) is 5.26 Å². The van der Waals surface area contributed by atoms with Gasteiger partial charge in [0.25, 0.3) is 11.5 Å². The van der Waals surface area contributed by atoms with Gasteiger partial charge in [-0.25, -0.2) is 0 Å². The van der Waals surface area contributed by atoms with Crippen LogP contribution in [0, 0.1) is 18.3 Å². The number of amides is 1. The van der Waals surface area contributed by atoms with Gasteiger partial charge in [0.15, 0.2) is 0 Å². The Balaban J connectivity index is 2.80. The van der Waals surface area contributed by atoms with Crippen molar-refractivity contribution in [3.05, 3.63) is 31.9 Å². The number of hydrogen-bond acceptors (Lipinski definition) is 6. The Morgan fingerprint density at radius 3 is 2.34 bits per heavy atom. The minimum Gasteiger partial charge on any atom is -0.358 e. The molecule has 6 nitrogen and oxygen atoms in total. The fourth-order valence-corrected chi connectivity index (χ4v) is 4.92. The first-order valence-corrected chi connectivity index (χ1v) is 11.2. The number of pyridine rings is 1. The van der Waals surface area contributed by atoms with Crippen LogP contribution in [0.5, 0.6) is 0 Å². The summed E-state index contributed by atoms with van der Waals surface area (Å²) < 4.78 is 2.17. The predicted octanol–water partition coefficient (Wildman–Crippen LogP) is 3.89. The van der Waals surface area contributed by atoms with Gasteiger partial charge in [-0.1, -0.05) is 30.9 Å². The number of rotatable bonds is 7. The minimum absolute atomic E-state index is 0.0241. The van der Waals surface area contributed by atoms with Gasteiger partial charge in [0.2, 0.25) is 0 Å². The number of thiocarbonyl (C=S) groups is 1. The van der Waals surface area contributed by atoms with Crippen LogP contribution < -0.4 is 10.5 Å². The van der Waals surface area contributed by atoms with Crippen molar-refractivity contribution in [2.24, 2.45) is 0 Å². The normalized spacial score (nSPS) is 16.4. The quantitative estimate of drug-likeness (QED) is 0.481. The molecule has 0 radical (unpaired) electrons. The summed E-state index contributed by atoms with van der Waals surface area (Å²) in [5.41, 5.74) is 1.15. The van der Waals surface area contributed by atoms with E-state index in [9.17, 15) is 14.9 Å². The van der Waals surface area contributed by atoms with Crippen molar-refractivity contribution < 1.29 is 4.79 Å². The predicted molar refractivity (Wildman–Crippen MR) is 124 cm³/mol. The lowest BCUT2D eigenvalue weighted by atomic mass is 10.0. The molecule has 1 aromatic heterocycles. The first kappa shape index (κ1) is 23.2. The molecule has 2 heterocycles. The van der Waals surface area contributed by atoms with Crippen molar-refractivity contribution in [3.63, 3.8) is 0 Å². The van der Waals surface area contributed by atoms with Gasteiger partial charge in [-0.15, -0.1) is 0 Å². The van der Waals surface area contributed by atoms with Gasteiger partial charge in [-0.3, -0.25) is 19.1 Å². The Morgan fingerprint density at radius 1 is 1.24 bits per heavy atom. The number of hydrogen-bond donors (Lipinski definition) is 0. The highest BCUT2D eigenvalue weighted by Gasteiger charge is 2.35. The van der Waals surface area contributed by atoms with E-state index in [1.165, 1.54) is 11.8 Å². The molecule has 0 N–H and O–H groups in total. The van der Waals surface area contributed by atoms with Crippen LogP contribution in [0.3, 0.4) is 0 Å². The maximum atomic E-state index is 13.0. The van der Waals surface area contributed by atoms with E-state index in [1.807, 2.05) is 34.6 Å². The van der Waals surface area contributed by atoms with Crippen LogP contribution in [0.1, 0.15) is 57.7 Å². The largest absolute Gasteiger partial charge is 0.358 e. The molecule has 1 aliphatic heterocycles. The fourth-order valence-electron chi connectivity index (χ4n) is 3.47. The van der Waals surface area contributed by atoms with Crippen LogP contribution in [-0.2, 0) is 11.3 Å². The molecule has 8 heteroatoms. The zero-order valence-corrected chi connectivity index (χ0v) is 19.5. The van der Waals surface area contributed by atoms with Crippen molar-refractivity contribution in [2.45, 2.75) is 60.5 Å². The van der Waals surface area contributed by atoms with E-state index in [-0.39, 0.29) is 23.1 Å². The number of carbonyl (C=O) groups excluding carboxylic acids is 1. The average molecular weight is 433 g/mol. The van der Waals surface area contributed by atoms with E-state index in [0.717, 1.165) is 17.8 Å². The van der Waals surface area contributed by atoms with Crippen molar-refractivity contribution in [1.82, 2.24) is 9.47 Å². The summed E-state index contributed by atoms with van der Waals surface area (Å²) in [6, 6.07) is 2.08. The van der Waals surface area contributed by atoms with Gasteiger partial charge in [0.1, 0.15) is 21.8 Å². The molecular formula is C21H28N4O2S2. The second kappa shape index (κ2) is 9.59. The Bertz CT molecular complexity index is 955. The number of anilines is 1. The third-order valence-corrected chi connectivity index (χ3v) is 6.69. The molecule has 1 fully saturated rings. The van der Waals surface area contributed by atoms with Crippen molar-refractivity contribution in [3.8, 4) is 6.07 Å². The summed E-state index contributed by atoms with van der Waals surface area (Å²) in [5, 5.41) is 9.59. The lowest BCUT2D eigenvalue weighted by Gasteiger charge is -2.28. The van der Waals surface area contributed by atoms with Crippen LogP contribution >= 0.6 is 24.0 Å². The SMILES string of the molecule is CCC(C)N1C(=O)/C(=C/c2c(C)c(C#N)c(=O)n(CC)c2N(CC)CC)SC1=S. The van der Waals surface area contributed by atoms with E-state index in [4.69, 9.17) is 12.2 Å². The summed E-state index contributed by atoms with van der Waals surface area (Å²) in [6.45, 7) is 13.5. The van der Waals surface area contributed by atoms with Gasteiger partial charge < -0.3 is 4.90 Å². The maximum Gasteiger partial charge on any atom is 0.270 e. The topological polar surface area (TPSA) is 69.3 Å². The Labute approximate surface area is 182 Å². The monoisotopic (exact) mass is 432 g/mol. The summed E-state index contributed by atoms with van der Waals surface area (Å²) in [7, 11) is 0. The van der Waals surface area contributed by atoms with E-state index >= 15 is 0 Å². The van der Waals surface area contributed by atoms with Gasteiger partial charge in [-0.05, 0) is 52.7 Å². The van der Waals surface area contributed by atoms with Crippen molar-refractivity contribution >= 4 is 46.1 Å². The Morgan fingerprint density at radius 2 is 1.86 bits per heavy atom. The molecule has 1 saturated heterocycles. The van der Waals surface area contributed by atoms with Crippen LogP contribution in [-0.4, -0.2) is 38.8 Å². The standard InChI is InChI=1S/C21H28N4O2S2/c1-7-13(5)25-20(27)17(29-21(25)28)11-15-14(6)16(12-22)19(26)24(10-4)18(15)23(8-2)9-3/h11,13H,7-10H2,1-6H3/b17-11-. The molecule has 156 valence electrons. The molecule has 1 amide bonds. The van der Waals surface area contributed by atoms with Gasteiger partial charge in [0.05, 0.1) is 4.91 Å². The summed E-state index contributed by atoms with van der Waals surface area (Å²) in [4.78, 5) is 30.2. The van der Waals surface area contributed by atoms with E-state index in [1.54, 1.807) is 22.5 Å². The third-order valence-electron chi connectivity index (χ3n) is 5.36. The molecule has 0 spiro atoms.